The Hall–Kier alpha value is -2.23. The van der Waals surface area contributed by atoms with Crippen molar-refractivity contribution in [2.45, 2.75) is 59.2 Å². The first-order valence-electron chi connectivity index (χ1n) is 8.68. The highest BCUT2D eigenvalue weighted by atomic mass is 32.2. The van der Waals surface area contributed by atoms with Crippen LogP contribution in [-0.4, -0.2) is 59.4 Å². The highest BCUT2D eigenvalue weighted by molar-refractivity contribution is 8.04. The molecule has 0 saturated carbocycles. The summed E-state index contributed by atoms with van der Waals surface area (Å²) in [5, 5.41) is 14.1. The first kappa shape index (κ1) is 25.8. The smallest absolute Gasteiger partial charge is 0.408 e. The van der Waals surface area contributed by atoms with Gasteiger partial charge in [-0.15, -0.1) is 11.8 Å². The number of hydrogen-bond donors (Lipinski definition) is 3. The number of aliphatic hydroxyl groups is 1. The molecule has 0 aliphatic rings. The summed E-state index contributed by atoms with van der Waals surface area (Å²) in [7, 11) is 1.21. The molecule has 2 amide bonds. The number of ketones is 1. The van der Waals surface area contributed by atoms with Crippen LogP contribution in [0.1, 0.15) is 41.5 Å². The number of alkyl carbamates (subject to hydrolysis) is 1. The van der Waals surface area contributed by atoms with E-state index >= 15 is 0 Å². The number of allylic oxidation sites excluding steroid dienone is 1. The SMILES string of the molecule is COC(=O)[C@@H](NC(=O)[C@H](CS/C(=C/O)C(C)=O)NC(=O)OC(C)(C)C)C(C)C. The summed E-state index contributed by atoms with van der Waals surface area (Å²) in [6.45, 7) is 9.74. The van der Waals surface area contributed by atoms with Crippen LogP contribution in [0.25, 0.3) is 0 Å². The molecular weight excluding hydrogens is 388 g/mol. The molecule has 0 aromatic heterocycles. The number of Topliss-reactive ketones (excluding diaryl/α,β-unsaturated/α-hetero) is 1. The standard InChI is InChI=1S/C18H30N2O7S/c1-10(2)14(16(24)26-7)20-15(23)12(9-28-13(8-21)11(3)22)19-17(25)27-18(4,5)6/h8,10,12,14,21H,9H2,1-7H3,(H,19,25)(H,20,23)/b13-8+/t12-,14-/m0/s1. The van der Waals surface area contributed by atoms with Gasteiger partial charge in [0.15, 0.2) is 5.78 Å². The maximum Gasteiger partial charge on any atom is 0.408 e. The summed E-state index contributed by atoms with van der Waals surface area (Å²) in [4.78, 5) is 48.1. The van der Waals surface area contributed by atoms with E-state index in [-0.39, 0.29) is 16.6 Å². The minimum absolute atomic E-state index is 0.0252. The van der Waals surface area contributed by atoms with Crippen molar-refractivity contribution in [3.63, 3.8) is 0 Å². The largest absolute Gasteiger partial charge is 0.514 e. The molecule has 28 heavy (non-hydrogen) atoms. The average molecular weight is 419 g/mol. The Kier molecular flexibility index (Phi) is 10.7. The van der Waals surface area contributed by atoms with Gasteiger partial charge in [-0.25, -0.2) is 9.59 Å². The summed E-state index contributed by atoms with van der Waals surface area (Å²) >= 11 is 0.890. The summed E-state index contributed by atoms with van der Waals surface area (Å²) in [5.74, 6) is -1.98. The summed E-state index contributed by atoms with van der Waals surface area (Å²) in [6, 6.07) is -2.04. The molecule has 0 fully saturated rings. The normalized spacial score (nSPS) is 14.1. The highest BCUT2D eigenvalue weighted by Gasteiger charge is 2.30. The molecule has 0 aliphatic heterocycles. The predicted octanol–water partition coefficient (Wildman–Crippen LogP) is 1.92. The second-order valence-corrected chi connectivity index (χ2v) is 8.37. The van der Waals surface area contributed by atoms with Crippen LogP contribution in [-0.2, 0) is 23.9 Å². The quantitative estimate of drug-likeness (QED) is 0.294. The fourth-order valence-corrected chi connectivity index (χ4v) is 2.77. The van der Waals surface area contributed by atoms with Gasteiger partial charge in [-0.2, -0.15) is 0 Å². The van der Waals surface area contributed by atoms with Crippen molar-refractivity contribution in [1.29, 1.82) is 0 Å². The third-order valence-electron chi connectivity index (χ3n) is 3.30. The van der Waals surface area contributed by atoms with Crippen molar-refractivity contribution in [1.82, 2.24) is 10.6 Å². The number of aliphatic hydroxyl groups excluding tert-OH is 1. The number of rotatable bonds is 9. The molecule has 0 aromatic rings. The molecule has 0 aromatic carbocycles. The minimum Gasteiger partial charge on any atom is -0.514 e. The molecule has 0 rings (SSSR count). The van der Waals surface area contributed by atoms with Crippen molar-refractivity contribution < 1.29 is 33.8 Å². The molecule has 10 heteroatoms. The lowest BCUT2D eigenvalue weighted by Gasteiger charge is -2.25. The maximum absolute atomic E-state index is 12.7. The lowest BCUT2D eigenvalue weighted by molar-refractivity contribution is -0.146. The monoisotopic (exact) mass is 418 g/mol. The third-order valence-corrected chi connectivity index (χ3v) is 4.50. The van der Waals surface area contributed by atoms with Crippen LogP contribution >= 0.6 is 11.8 Å². The summed E-state index contributed by atoms with van der Waals surface area (Å²) in [5.41, 5.74) is -0.777. The van der Waals surface area contributed by atoms with Crippen molar-refractivity contribution in [3.8, 4) is 0 Å². The van der Waals surface area contributed by atoms with Gasteiger partial charge >= 0.3 is 12.1 Å². The Bertz CT molecular complexity index is 612. The number of nitrogens with one attached hydrogen (secondary N) is 2. The summed E-state index contributed by atoms with van der Waals surface area (Å²) < 4.78 is 9.85. The highest BCUT2D eigenvalue weighted by Crippen LogP contribution is 2.18. The van der Waals surface area contributed by atoms with Crippen LogP contribution in [0.15, 0.2) is 11.2 Å². The molecule has 0 spiro atoms. The van der Waals surface area contributed by atoms with Crippen molar-refractivity contribution >= 4 is 35.5 Å². The van der Waals surface area contributed by atoms with Crippen molar-refractivity contribution in [2.24, 2.45) is 5.92 Å². The Labute approximate surface area is 169 Å². The Morgan fingerprint density at radius 1 is 1.14 bits per heavy atom. The number of carbonyl (C=O) groups is 4. The first-order chi connectivity index (χ1) is 12.8. The molecule has 2 atom stereocenters. The maximum atomic E-state index is 12.7. The zero-order valence-corrected chi connectivity index (χ0v) is 18.1. The Balaban J connectivity index is 5.38. The van der Waals surface area contributed by atoms with E-state index in [0.717, 1.165) is 11.8 Å². The molecule has 0 radical (unpaired) electrons. The van der Waals surface area contributed by atoms with Crippen LogP contribution < -0.4 is 10.6 Å². The lowest BCUT2D eigenvalue weighted by Crippen LogP contribution is -2.54. The van der Waals surface area contributed by atoms with Gasteiger partial charge in [0.25, 0.3) is 0 Å². The Morgan fingerprint density at radius 2 is 1.71 bits per heavy atom. The number of esters is 1. The molecule has 0 unspecified atom stereocenters. The van der Waals surface area contributed by atoms with Gasteiger partial charge in [0, 0.05) is 5.75 Å². The minimum atomic E-state index is -1.12. The first-order valence-corrected chi connectivity index (χ1v) is 9.66. The average Bonchev–Trinajstić information content (AvgIpc) is 2.55. The van der Waals surface area contributed by atoms with Crippen LogP contribution in [0.3, 0.4) is 0 Å². The van der Waals surface area contributed by atoms with Gasteiger partial charge in [0.2, 0.25) is 5.91 Å². The van der Waals surface area contributed by atoms with Gasteiger partial charge in [-0.05, 0) is 33.6 Å². The van der Waals surface area contributed by atoms with E-state index in [2.05, 4.69) is 10.6 Å². The molecule has 0 bridgehead atoms. The lowest BCUT2D eigenvalue weighted by atomic mass is 10.0. The van der Waals surface area contributed by atoms with Crippen LogP contribution in [0, 0.1) is 5.92 Å². The molecule has 9 nitrogen and oxygen atoms in total. The van der Waals surface area contributed by atoms with Gasteiger partial charge in [-0.1, -0.05) is 13.8 Å². The van der Waals surface area contributed by atoms with E-state index < -0.39 is 41.4 Å². The number of methoxy groups -OCH3 is 1. The number of carbonyl (C=O) groups excluding carboxylic acids is 4. The molecule has 0 aliphatic carbocycles. The van der Waals surface area contributed by atoms with Gasteiger partial charge in [0.1, 0.15) is 17.7 Å². The summed E-state index contributed by atoms with van der Waals surface area (Å²) in [6.07, 6.45) is -0.189. The van der Waals surface area contributed by atoms with Crippen molar-refractivity contribution in [2.75, 3.05) is 12.9 Å². The fraction of sp³-hybridized carbons (Fsp3) is 0.667. The molecule has 0 saturated heterocycles. The van der Waals surface area contributed by atoms with E-state index in [1.54, 1.807) is 34.6 Å². The van der Waals surface area contributed by atoms with Crippen molar-refractivity contribution in [3.05, 3.63) is 11.2 Å². The van der Waals surface area contributed by atoms with Gasteiger partial charge < -0.3 is 25.2 Å². The van der Waals surface area contributed by atoms with E-state index in [4.69, 9.17) is 14.6 Å². The fourth-order valence-electron chi connectivity index (χ4n) is 1.91. The Morgan fingerprint density at radius 3 is 2.11 bits per heavy atom. The number of ether oxygens (including phenoxy) is 2. The van der Waals surface area contributed by atoms with E-state index in [1.165, 1.54) is 14.0 Å². The molecule has 0 heterocycles. The van der Waals surface area contributed by atoms with Gasteiger partial charge in [-0.3, -0.25) is 9.59 Å². The van der Waals surface area contributed by atoms with E-state index in [1.807, 2.05) is 0 Å². The zero-order chi connectivity index (χ0) is 22.1. The predicted molar refractivity (Wildman–Crippen MR) is 106 cm³/mol. The topological polar surface area (TPSA) is 131 Å². The molecule has 3 N–H and O–H groups in total. The van der Waals surface area contributed by atoms with E-state index in [9.17, 15) is 19.2 Å². The third kappa shape index (κ3) is 9.63. The van der Waals surface area contributed by atoms with Gasteiger partial charge in [0.05, 0.1) is 18.3 Å². The zero-order valence-electron chi connectivity index (χ0n) is 17.3. The molecule has 160 valence electrons. The number of hydrogen-bond acceptors (Lipinski definition) is 8. The second kappa shape index (κ2) is 11.6. The number of amides is 2. The van der Waals surface area contributed by atoms with E-state index in [0.29, 0.717) is 6.26 Å². The second-order valence-electron chi connectivity index (χ2n) is 7.31. The number of thioether (sulfide) groups is 1. The van der Waals surface area contributed by atoms with Crippen LogP contribution in [0.4, 0.5) is 4.79 Å². The van der Waals surface area contributed by atoms with Crippen LogP contribution in [0.2, 0.25) is 0 Å². The molecular formula is C18H30N2O7S. The van der Waals surface area contributed by atoms with Crippen LogP contribution in [0.5, 0.6) is 0 Å².